The van der Waals surface area contributed by atoms with Gasteiger partial charge in [-0.15, -0.1) is 0 Å². The lowest BCUT2D eigenvalue weighted by Gasteiger charge is -2.01. The first-order chi connectivity index (χ1) is 13.3. The van der Waals surface area contributed by atoms with E-state index in [9.17, 15) is 0 Å². The van der Waals surface area contributed by atoms with Gasteiger partial charge in [-0.3, -0.25) is 28.9 Å². The highest BCUT2D eigenvalue weighted by Gasteiger charge is 1.83. The molecule has 0 spiro atoms. The van der Waals surface area contributed by atoms with Gasteiger partial charge < -0.3 is 42.1 Å². The third-order valence-corrected chi connectivity index (χ3v) is 0.671. The number of carboxylic acid groups (broad SMARTS) is 4. The molecule has 0 aromatic heterocycles. The summed E-state index contributed by atoms with van der Waals surface area (Å²) in [6.45, 7) is 5.75. The van der Waals surface area contributed by atoms with Crippen molar-refractivity contribution in [3.05, 3.63) is 0 Å². The Morgan fingerprint density at radius 1 is 0.655 bits per heavy atom. The molecule has 0 bridgehead atoms. The van der Waals surface area contributed by atoms with E-state index in [0.29, 0.717) is 13.1 Å². The Bertz CT molecular complexity index is 285. The van der Waals surface area contributed by atoms with Crippen LogP contribution in [0, 0.1) is 0 Å². The van der Waals surface area contributed by atoms with Gasteiger partial charge in [0.2, 0.25) is 0 Å². The van der Waals surface area contributed by atoms with E-state index in [2.05, 4.69) is 15.3 Å². The van der Waals surface area contributed by atoms with Crippen molar-refractivity contribution in [3.63, 3.8) is 0 Å². The molecule has 0 atom stereocenters. The molecule has 0 unspecified atom stereocenters. The Hall–Kier alpha value is -2.40. The van der Waals surface area contributed by atoms with E-state index in [0.717, 1.165) is 27.7 Å². The number of hydrogen-bond donors (Lipinski definition) is 9. The number of aliphatic hydroxyl groups excluding tert-OH is 2. The molecule has 178 valence electrons. The second kappa shape index (κ2) is 44.8. The summed E-state index contributed by atoms with van der Waals surface area (Å²) in [5, 5.41) is 46.0. The van der Waals surface area contributed by atoms with E-state index < -0.39 is 23.9 Å². The fraction of sp³-hybridized carbons (Fsp3) is 0.714. The normalized spacial score (nSPS) is 7.59. The van der Waals surface area contributed by atoms with Crippen molar-refractivity contribution in [2.75, 3.05) is 39.5 Å². The van der Waals surface area contributed by atoms with Crippen LogP contribution >= 0.6 is 0 Å². The van der Waals surface area contributed by atoms with Gasteiger partial charge in [-0.25, -0.2) is 0 Å². The molecule has 15 nitrogen and oxygen atoms in total. The van der Waals surface area contributed by atoms with Crippen LogP contribution in [0.5, 0.6) is 0 Å². The first-order valence-corrected chi connectivity index (χ1v) is 7.65. The van der Waals surface area contributed by atoms with Crippen LogP contribution in [0.4, 0.5) is 0 Å². The molecule has 0 aromatic carbocycles. The Morgan fingerprint density at radius 3 is 0.931 bits per heavy atom. The topological polar surface area (TPSA) is 272 Å². The van der Waals surface area contributed by atoms with Gasteiger partial charge >= 0.3 is 0 Å². The van der Waals surface area contributed by atoms with Gasteiger partial charge in [0.05, 0.1) is 26.4 Å². The summed E-state index contributed by atoms with van der Waals surface area (Å²) in [6, 6.07) is 0. The summed E-state index contributed by atoms with van der Waals surface area (Å²) >= 11 is 0. The Balaban J connectivity index is -0.0000000575. The van der Waals surface area contributed by atoms with Gasteiger partial charge in [0.1, 0.15) is 0 Å². The smallest absolute Gasteiger partial charge is 0.300 e. The zero-order valence-corrected chi connectivity index (χ0v) is 17.0. The molecule has 0 rings (SSSR count). The predicted octanol–water partition coefficient (Wildman–Crippen LogP) is -2.31. The van der Waals surface area contributed by atoms with Gasteiger partial charge in [-0.2, -0.15) is 0 Å². The summed E-state index contributed by atoms with van der Waals surface area (Å²) in [6.07, 6.45) is 0. The number of aliphatic carboxylic acids is 4. The molecule has 0 saturated heterocycles. The predicted molar refractivity (Wildman–Crippen MR) is 101 cm³/mol. The second-order valence-electron chi connectivity index (χ2n) is 3.88. The van der Waals surface area contributed by atoms with Crippen LogP contribution in [-0.4, -0.2) is 94.0 Å². The Kier molecular flexibility index (Phi) is 63.4. The summed E-state index contributed by atoms with van der Waals surface area (Å²) in [5.74, 6) is -3.33. The summed E-state index contributed by atoms with van der Waals surface area (Å²) in [7, 11) is 0. The maximum Gasteiger partial charge on any atom is 0.300 e. The van der Waals surface area contributed by atoms with Crippen LogP contribution in [0.1, 0.15) is 27.7 Å². The maximum atomic E-state index is 9.00. The Labute approximate surface area is 168 Å². The lowest BCUT2D eigenvalue weighted by atomic mass is 10.7. The van der Waals surface area contributed by atoms with E-state index in [1.165, 1.54) is 0 Å². The van der Waals surface area contributed by atoms with Crippen LogP contribution in [0.15, 0.2) is 0 Å². The minimum atomic E-state index is -0.833. The summed E-state index contributed by atoms with van der Waals surface area (Å²) < 4.78 is 0. The molecule has 15 heteroatoms. The first-order valence-electron chi connectivity index (χ1n) is 7.65. The summed E-state index contributed by atoms with van der Waals surface area (Å²) in [4.78, 5) is 44.9. The number of carbonyl (C=O) groups is 4. The zero-order valence-electron chi connectivity index (χ0n) is 17.0. The van der Waals surface area contributed by atoms with Gasteiger partial charge in [-0.05, 0) is 0 Å². The molecular weight excluding hydrogens is 402 g/mol. The highest BCUT2D eigenvalue weighted by Crippen LogP contribution is 1.67. The number of nitrogens with one attached hydrogen (secondary N) is 1. The highest BCUT2D eigenvalue weighted by molar-refractivity contribution is 5.63. The van der Waals surface area contributed by atoms with Crippen molar-refractivity contribution < 1.29 is 59.5 Å². The fourth-order valence-corrected chi connectivity index (χ4v) is 0.216. The van der Waals surface area contributed by atoms with Crippen LogP contribution in [-0.2, 0) is 28.9 Å². The van der Waals surface area contributed by atoms with Gasteiger partial charge in [-0.1, -0.05) is 5.64 Å². The van der Waals surface area contributed by atoms with Crippen LogP contribution < -0.4 is 17.1 Å². The van der Waals surface area contributed by atoms with Crippen LogP contribution in [0.2, 0.25) is 0 Å². The molecule has 0 amide bonds. The lowest BCUT2D eigenvalue weighted by molar-refractivity contribution is -0.178. The van der Waals surface area contributed by atoms with Crippen molar-refractivity contribution >= 4 is 23.9 Å². The van der Waals surface area contributed by atoms with Gasteiger partial charge in [0, 0.05) is 40.8 Å². The van der Waals surface area contributed by atoms with E-state index in [1.807, 2.05) is 0 Å². The molecule has 0 aliphatic rings. The highest BCUT2D eigenvalue weighted by atomic mass is 16.9. The number of rotatable bonds is 7. The molecular formula is C14H35N3O12. The van der Waals surface area contributed by atoms with Crippen LogP contribution in [0.3, 0.4) is 0 Å². The van der Waals surface area contributed by atoms with Crippen LogP contribution in [0.25, 0.3) is 0 Å². The average molecular weight is 437 g/mol. The molecule has 0 aromatic rings. The third kappa shape index (κ3) is 674. The number of carboxylic acids is 4. The quantitative estimate of drug-likeness (QED) is 0.149. The standard InChI is InChI=1S/C4H11NO4.C2H8N2.4C2H4O2/c6-1-3-8-5-9-4-2-7;3-1-2-4;4*1-2(3)4/h5-7H,1-4H2;1-4H2;4*1H3,(H,3,4). The van der Waals surface area contributed by atoms with E-state index in [4.69, 9.17) is 61.3 Å². The third-order valence-electron chi connectivity index (χ3n) is 0.671. The minimum Gasteiger partial charge on any atom is -0.481 e. The monoisotopic (exact) mass is 437 g/mol. The van der Waals surface area contributed by atoms with E-state index >= 15 is 0 Å². The molecule has 0 radical (unpaired) electrons. The zero-order chi connectivity index (χ0) is 24.7. The number of hydrogen-bond acceptors (Lipinski definition) is 11. The number of aliphatic hydroxyl groups is 2. The van der Waals surface area contributed by atoms with Gasteiger partial charge in [0.25, 0.3) is 23.9 Å². The fourth-order valence-electron chi connectivity index (χ4n) is 0.216. The Morgan fingerprint density at radius 2 is 0.828 bits per heavy atom. The molecule has 11 N–H and O–H groups in total. The van der Waals surface area contributed by atoms with Gasteiger partial charge in [0.15, 0.2) is 0 Å². The van der Waals surface area contributed by atoms with Crippen molar-refractivity contribution in [2.24, 2.45) is 11.5 Å². The largest absolute Gasteiger partial charge is 0.481 e. The van der Waals surface area contributed by atoms with E-state index in [-0.39, 0.29) is 26.4 Å². The molecule has 0 fully saturated rings. The van der Waals surface area contributed by atoms with Crippen molar-refractivity contribution in [1.82, 2.24) is 5.64 Å². The SMILES string of the molecule is CC(=O)O.CC(=O)O.CC(=O)O.CC(=O)O.NCCN.OCCONOCCO. The summed E-state index contributed by atoms with van der Waals surface area (Å²) in [5.41, 5.74) is 11.9. The first kappa shape index (κ1) is 41.1. The maximum absolute atomic E-state index is 9.00. The second-order valence-corrected chi connectivity index (χ2v) is 3.88. The average Bonchev–Trinajstić information content (AvgIpc) is 2.53. The molecule has 29 heavy (non-hydrogen) atoms. The lowest BCUT2D eigenvalue weighted by Crippen LogP contribution is -2.19. The van der Waals surface area contributed by atoms with Crippen molar-refractivity contribution in [3.8, 4) is 0 Å². The van der Waals surface area contributed by atoms with Crippen molar-refractivity contribution in [1.29, 1.82) is 0 Å². The number of nitrogens with two attached hydrogens (primary N) is 2. The van der Waals surface area contributed by atoms with Crippen molar-refractivity contribution in [2.45, 2.75) is 27.7 Å². The molecule has 0 aliphatic carbocycles. The molecule has 0 heterocycles. The minimum absolute atomic E-state index is 0.0600. The molecule has 0 saturated carbocycles. The van der Waals surface area contributed by atoms with E-state index in [1.54, 1.807) is 0 Å². The molecule has 0 aliphatic heterocycles.